The Bertz CT molecular complexity index is 728. The van der Waals surface area contributed by atoms with E-state index < -0.39 is 18.3 Å². The van der Waals surface area contributed by atoms with Crippen molar-refractivity contribution in [2.45, 2.75) is 25.2 Å². The topological polar surface area (TPSA) is 103 Å². The minimum Gasteiger partial charge on any atom is -0.445 e. The first-order chi connectivity index (χ1) is 12.1. The van der Waals surface area contributed by atoms with Crippen LogP contribution in [-0.4, -0.2) is 29.0 Å². The number of hydrogen-bond donors (Lipinski definition) is 3. The predicted octanol–water partition coefficient (Wildman–Crippen LogP) is 2.07. The van der Waals surface area contributed by atoms with Crippen LogP contribution in [0.25, 0.3) is 0 Å². The van der Waals surface area contributed by atoms with Crippen molar-refractivity contribution >= 4 is 6.09 Å². The predicted molar refractivity (Wildman–Crippen MR) is 91.4 cm³/mol. The Morgan fingerprint density at radius 1 is 1.12 bits per heavy atom. The Labute approximate surface area is 146 Å². The molecule has 0 aliphatic heterocycles. The maximum absolute atomic E-state index is 11.7. The summed E-state index contributed by atoms with van der Waals surface area (Å²) in [5.41, 5.74) is 1.96. The Balaban J connectivity index is 1.84. The largest absolute Gasteiger partial charge is 0.445 e. The van der Waals surface area contributed by atoms with Crippen LogP contribution in [0, 0.1) is 11.3 Å². The number of nitriles is 1. The van der Waals surface area contributed by atoms with Crippen molar-refractivity contribution in [3.05, 3.63) is 71.3 Å². The number of benzene rings is 2. The average molecular weight is 340 g/mol. The van der Waals surface area contributed by atoms with E-state index >= 15 is 0 Å². The summed E-state index contributed by atoms with van der Waals surface area (Å²) in [5, 5.41) is 31.6. The molecule has 0 aromatic heterocycles. The van der Waals surface area contributed by atoms with E-state index in [1.807, 2.05) is 36.4 Å². The molecule has 2 atom stereocenters. The lowest BCUT2D eigenvalue weighted by Crippen LogP contribution is -2.36. The highest BCUT2D eigenvalue weighted by molar-refractivity contribution is 5.67. The summed E-state index contributed by atoms with van der Waals surface area (Å²) in [6, 6.07) is 18.1. The smallest absolute Gasteiger partial charge is 0.407 e. The molecular formula is C19H20N2O4. The number of amides is 1. The van der Waals surface area contributed by atoms with Crippen LogP contribution in [0.2, 0.25) is 0 Å². The van der Waals surface area contributed by atoms with Gasteiger partial charge in [-0.3, -0.25) is 0 Å². The van der Waals surface area contributed by atoms with Gasteiger partial charge in [-0.15, -0.1) is 0 Å². The fraction of sp³-hybridized carbons (Fsp3) is 0.263. The summed E-state index contributed by atoms with van der Waals surface area (Å²) >= 11 is 0. The van der Waals surface area contributed by atoms with Crippen molar-refractivity contribution in [3.63, 3.8) is 0 Å². The van der Waals surface area contributed by atoms with Gasteiger partial charge in [0.2, 0.25) is 0 Å². The number of carbonyl (C=O) groups excluding carboxylic acids is 1. The van der Waals surface area contributed by atoms with Crippen LogP contribution in [0.15, 0.2) is 54.6 Å². The molecule has 2 rings (SSSR count). The van der Waals surface area contributed by atoms with Crippen molar-refractivity contribution in [2.75, 3.05) is 6.54 Å². The molecule has 1 amide bonds. The fourth-order valence-corrected chi connectivity index (χ4v) is 2.35. The number of ether oxygens (including phenoxy) is 1. The molecular weight excluding hydrogens is 320 g/mol. The molecule has 0 saturated heterocycles. The normalized spacial score (nSPS) is 12.7. The van der Waals surface area contributed by atoms with Crippen molar-refractivity contribution in [1.82, 2.24) is 5.32 Å². The van der Waals surface area contributed by atoms with Gasteiger partial charge in [0.25, 0.3) is 0 Å². The van der Waals surface area contributed by atoms with Crippen molar-refractivity contribution in [2.24, 2.45) is 0 Å². The van der Waals surface area contributed by atoms with E-state index in [2.05, 4.69) is 5.32 Å². The molecule has 130 valence electrons. The molecule has 0 spiro atoms. The Kier molecular flexibility index (Phi) is 6.96. The quantitative estimate of drug-likeness (QED) is 0.716. The zero-order chi connectivity index (χ0) is 18.1. The van der Waals surface area contributed by atoms with Gasteiger partial charge in [-0.05, 0) is 16.7 Å². The van der Waals surface area contributed by atoms with E-state index in [0.717, 1.165) is 5.56 Å². The first kappa shape index (κ1) is 18.5. The van der Waals surface area contributed by atoms with E-state index in [9.17, 15) is 15.0 Å². The second-order valence-electron chi connectivity index (χ2n) is 5.49. The molecule has 6 nitrogen and oxygen atoms in total. The minimum absolute atomic E-state index is 0.121. The Morgan fingerprint density at radius 3 is 2.52 bits per heavy atom. The first-order valence-electron chi connectivity index (χ1n) is 7.87. The third-order valence-electron chi connectivity index (χ3n) is 3.68. The first-order valence-corrected chi connectivity index (χ1v) is 7.87. The second-order valence-corrected chi connectivity index (χ2v) is 5.49. The van der Waals surface area contributed by atoms with E-state index in [4.69, 9.17) is 10.00 Å². The van der Waals surface area contributed by atoms with Crippen molar-refractivity contribution in [1.29, 1.82) is 5.26 Å². The van der Waals surface area contributed by atoms with Gasteiger partial charge in [0.1, 0.15) is 18.8 Å². The minimum atomic E-state index is -1.22. The highest BCUT2D eigenvalue weighted by Gasteiger charge is 2.21. The maximum Gasteiger partial charge on any atom is 0.407 e. The van der Waals surface area contributed by atoms with E-state index in [1.165, 1.54) is 0 Å². The number of carbonyl (C=O) groups is 1. The summed E-state index contributed by atoms with van der Waals surface area (Å²) in [6.07, 6.45) is -2.98. The van der Waals surface area contributed by atoms with Crippen LogP contribution in [0.3, 0.4) is 0 Å². The summed E-state index contributed by atoms with van der Waals surface area (Å²) in [5.74, 6) is 0. The standard InChI is InChI=1S/C19H20N2O4/c20-11-10-15-8-4-5-9-16(15)18(23)17(22)12-21-19(24)25-13-14-6-2-1-3-7-14/h1-9,17-18,22-23H,10,12-13H2,(H,21,24). The number of hydrogen-bond acceptors (Lipinski definition) is 5. The molecule has 3 N–H and O–H groups in total. The molecule has 2 unspecified atom stereocenters. The van der Waals surface area contributed by atoms with Gasteiger partial charge in [0, 0.05) is 6.54 Å². The summed E-state index contributed by atoms with van der Waals surface area (Å²) in [6.45, 7) is -0.0496. The van der Waals surface area contributed by atoms with Gasteiger partial charge in [0.15, 0.2) is 0 Å². The third kappa shape index (κ3) is 5.60. The molecule has 0 aliphatic carbocycles. The molecule has 0 bridgehead atoms. The van der Waals surface area contributed by atoms with Gasteiger partial charge in [0.05, 0.1) is 12.5 Å². The van der Waals surface area contributed by atoms with Crippen LogP contribution >= 0.6 is 0 Å². The third-order valence-corrected chi connectivity index (χ3v) is 3.68. The molecule has 2 aromatic rings. The fourth-order valence-electron chi connectivity index (χ4n) is 2.35. The van der Waals surface area contributed by atoms with Gasteiger partial charge in [-0.25, -0.2) is 4.79 Å². The lowest BCUT2D eigenvalue weighted by Gasteiger charge is -2.20. The summed E-state index contributed by atoms with van der Waals surface area (Å²) in [4.78, 5) is 11.7. The molecule has 0 radical (unpaired) electrons. The number of alkyl carbamates (subject to hydrolysis) is 1. The maximum atomic E-state index is 11.7. The molecule has 6 heteroatoms. The lowest BCUT2D eigenvalue weighted by atomic mass is 9.97. The van der Waals surface area contributed by atoms with Gasteiger partial charge in [-0.2, -0.15) is 5.26 Å². The van der Waals surface area contributed by atoms with E-state index in [-0.39, 0.29) is 19.6 Å². The van der Waals surface area contributed by atoms with Crippen LogP contribution in [0.5, 0.6) is 0 Å². The number of aliphatic hydroxyl groups is 2. The Hall–Kier alpha value is -2.88. The molecule has 2 aromatic carbocycles. The molecule has 0 heterocycles. The highest BCUT2D eigenvalue weighted by atomic mass is 16.5. The highest BCUT2D eigenvalue weighted by Crippen LogP contribution is 2.21. The lowest BCUT2D eigenvalue weighted by molar-refractivity contribution is 0.0180. The van der Waals surface area contributed by atoms with E-state index in [0.29, 0.717) is 11.1 Å². The Morgan fingerprint density at radius 2 is 1.80 bits per heavy atom. The molecule has 0 aliphatic rings. The number of rotatable bonds is 7. The zero-order valence-corrected chi connectivity index (χ0v) is 13.6. The molecule has 25 heavy (non-hydrogen) atoms. The average Bonchev–Trinajstić information content (AvgIpc) is 2.65. The van der Waals surface area contributed by atoms with Crippen LogP contribution < -0.4 is 5.32 Å². The number of nitrogens with zero attached hydrogens (tertiary/aromatic N) is 1. The second kappa shape index (κ2) is 9.42. The molecule has 0 saturated carbocycles. The summed E-state index contributed by atoms with van der Waals surface area (Å²) < 4.78 is 5.04. The SMILES string of the molecule is N#CCc1ccccc1C(O)C(O)CNC(=O)OCc1ccccc1. The zero-order valence-electron chi connectivity index (χ0n) is 13.6. The van der Waals surface area contributed by atoms with Gasteiger partial charge in [-0.1, -0.05) is 54.6 Å². The van der Waals surface area contributed by atoms with Crippen molar-refractivity contribution in [3.8, 4) is 6.07 Å². The number of aliphatic hydroxyl groups excluding tert-OH is 2. The van der Waals surface area contributed by atoms with E-state index in [1.54, 1.807) is 24.3 Å². The van der Waals surface area contributed by atoms with Crippen LogP contribution in [-0.2, 0) is 17.8 Å². The van der Waals surface area contributed by atoms with Crippen molar-refractivity contribution < 1.29 is 19.7 Å². The summed E-state index contributed by atoms with van der Waals surface area (Å²) in [7, 11) is 0. The monoisotopic (exact) mass is 340 g/mol. The van der Waals surface area contributed by atoms with Crippen LogP contribution in [0.4, 0.5) is 4.79 Å². The van der Waals surface area contributed by atoms with Crippen LogP contribution in [0.1, 0.15) is 22.8 Å². The van der Waals surface area contributed by atoms with Gasteiger partial charge >= 0.3 is 6.09 Å². The molecule has 0 fully saturated rings. The number of nitrogens with one attached hydrogen (secondary N) is 1. The van der Waals surface area contributed by atoms with Gasteiger partial charge < -0.3 is 20.3 Å².